The fourth-order valence-corrected chi connectivity index (χ4v) is 3.56. The topological polar surface area (TPSA) is 52.7 Å². The molecule has 0 radical (unpaired) electrons. The minimum Gasteiger partial charge on any atom is -0.341 e. The van der Waals surface area contributed by atoms with E-state index in [2.05, 4.69) is 5.32 Å². The van der Waals surface area contributed by atoms with E-state index >= 15 is 0 Å². The van der Waals surface area contributed by atoms with E-state index in [9.17, 15) is 9.59 Å². The number of hydrogen-bond donors (Lipinski definition) is 1. The number of likely N-dealkylation sites (tertiary alicyclic amines) is 2. The molecule has 6 heteroatoms. The molecule has 2 aliphatic heterocycles. The van der Waals surface area contributed by atoms with Crippen molar-refractivity contribution in [3.05, 3.63) is 29.3 Å². The van der Waals surface area contributed by atoms with Crippen LogP contribution in [-0.2, 0) is 4.79 Å². The van der Waals surface area contributed by atoms with E-state index < -0.39 is 0 Å². The number of anilines is 1. The van der Waals surface area contributed by atoms with Crippen molar-refractivity contribution in [2.24, 2.45) is 0 Å². The number of carbonyl (C=O) groups is 2. The zero-order valence-electron chi connectivity index (χ0n) is 13.1. The molecule has 0 bridgehead atoms. The maximum absolute atomic E-state index is 12.6. The van der Waals surface area contributed by atoms with Gasteiger partial charge < -0.3 is 15.1 Å². The first-order valence-electron chi connectivity index (χ1n) is 8.24. The van der Waals surface area contributed by atoms with E-state index in [0.717, 1.165) is 38.8 Å². The summed E-state index contributed by atoms with van der Waals surface area (Å²) >= 11 is 5.96. The number of urea groups is 1. The molecule has 3 amide bonds. The Morgan fingerprint density at radius 2 is 2.13 bits per heavy atom. The predicted molar refractivity (Wildman–Crippen MR) is 90.6 cm³/mol. The van der Waals surface area contributed by atoms with Crippen molar-refractivity contribution in [2.45, 2.75) is 38.1 Å². The summed E-state index contributed by atoms with van der Waals surface area (Å²) in [6, 6.07) is 7.15. The number of benzene rings is 1. The van der Waals surface area contributed by atoms with Gasteiger partial charge >= 0.3 is 6.03 Å². The van der Waals surface area contributed by atoms with Crippen molar-refractivity contribution >= 4 is 29.2 Å². The summed E-state index contributed by atoms with van der Waals surface area (Å²) in [4.78, 5) is 28.2. The van der Waals surface area contributed by atoms with E-state index in [0.29, 0.717) is 23.7 Å². The largest absolute Gasteiger partial charge is 0.341 e. The van der Waals surface area contributed by atoms with Gasteiger partial charge in [0.2, 0.25) is 5.91 Å². The minimum atomic E-state index is -0.108. The molecule has 124 valence electrons. The monoisotopic (exact) mass is 335 g/mol. The molecular formula is C17H22ClN3O2. The van der Waals surface area contributed by atoms with Gasteiger partial charge in [0.1, 0.15) is 0 Å². The van der Waals surface area contributed by atoms with Crippen molar-refractivity contribution < 1.29 is 9.59 Å². The van der Waals surface area contributed by atoms with E-state index in [1.807, 2.05) is 21.9 Å². The van der Waals surface area contributed by atoms with Crippen LogP contribution in [0.3, 0.4) is 0 Å². The number of piperidine rings is 1. The van der Waals surface area contributed by atoms with Crippen LogP contribution in [0.5, 0.6) is 0 Å². The lowest BCUT2D eigenvalue weighted by molar-refractivity contribution is -0.128. The molecule has 0 saturated carbocycles. The van der Waals surface area contributed by atoms with Crippen molar-refractivity contribution in [1.82, 2.24) is 9.80 Å². The molecule has 2 saturated heterocycles. The summed E-state index contributed by atoms with van der Waals surface area (Å²) in [5.74, 6) is 0.214. The second-order valence-electron chi connectivity index (χ2n) is 6.23. The fraction of sp³-hybridized carbons (Fsp3) is 0.529. The van der Waals surface area contributed by atoms with Gasteiger partial charge in [-0.3, -0.25) is 4.79 Å². The molecule has 3 rings (SSSR count). The Morgan fingerprint density at radius 1 is 1.26 bits per heavy atom. The third kappa shape index (κ3) is 3.96. The van der Waals surface area contributed by atoms with Gasteiger partial charge in [0.05, 0.1) is 6.04 Å². The van der Waals surface area contributed by atoms with Gasteiger partial charge in [0.15, 0.2) is 0 Å². The summed E-state index contributed by atoms with van der Waals surface area (Å²) in [7, 11) is 0. The Bertz CT molecular complexity index is 593. The third-order valence-corrected chi connectivity index (χ3v) is 4.80. The molecule has 1 aromatic rings. The van der Waals surface area contributed by atoms with Crippen LogP contribution in [0.1, 0.15) is 32.1 Å². The molecule has 2 aliphatic rings. The highest BCUT2D eigenvalue weighted by atomic mass is 35.5. The lowest BCUT2D eigenvalue weighted by Gasteiger charge is -2.37. The maximum atomic E-state index is 12.6. The van der Waals surface area contributed by atoms with Crippen LogP contribution in [0.15, 0.2) is 24.3 Å². The van der Waals surface area contributed by atoms with Crippen LogP contribution in [0.25, 0.3) is 0 Å². The van der Waals surface area contributed by atoms with E-state index in [-0.39, 0.29) is 18.0 Å². The van der Waals surface area contributed by atoms with Crippen molar-refractivity contribution in [3.63, 3.8) is 0 Å². The van der Waals surface area contributed by atoms with Gasteiger partial charge in [-0.25, -0.2) is 4.79 Å². The van der Waals surface area contributed by atoms with E-state index in [4.69, 9.17) is 11.6 Å². The molecule has 1 N–H and O–H groups in total. The average molecular weight is 336 g/mol. The summed E-state index contributed by atoms with van der Waals surface area (Å²) in [6.07, 6.45) is 4.63. The van der Waals surface area contributed by atoms with Crippen LogP contribution in [0, 0.1) is 0 Å². The van der Waals surface area contributed by atoms with Crippen molar-refractivity contribution in [1.29, 1.82) is 0 Å². The number of halogens is 1. The smallest absolute Gasteiger partial charge is 0.322 e. The predicted octanol–water partition coefficient (Wildman–Crippen LogP) is 3.35. The zero-order chi connectivity index (χ0) is 16.2. The molecular weight excluding hydrogens is 314 g/mol. The fourth-order valence-electron chi connectivity index (χ4n) is 3.37. The first-order valence-corrected chi connectivity index (χ1v) is 8.62. The molecule has 0 aliphatic carbocycles. The lowest BCUT2D eigenvalue weighted by atomic mass is 10.0. The Morgan fingerprint density at radius 3 is 2.87 bits per heavy atom. The highest BCUT2D eigenvalue weighted by molar-refractivity contribution is 6.30. The SMILES string of the molecule is O=C1CCCN1CC1CCCCN1C(=O)Nc1cccc(Cl)c1. The summed E-state index contributed by atoms with van der Waals surface area (Å²) in [5, 5.41) is 3.52. The molecule has 1 atom stereocenters. The summed E-state index contributed by atoms with van der Waals surface area (Å²) < 4.78 is 0. The molecule has 0 spiro atoms. The maximum Gasteiger partial charge on any atom is 0.322 e. The quantitative estimate of drug-likeness (QED) is 0.921. The molecule has 23 heavy (non-hydrogen) atoms. The minimum absolute atomic E-state index is 0.102. The van der Waals surface area contributed by atoms with Gasteiger partial charge in [-0.2, -0.15) is 0 Å². The van der Waals surface area contributed by atoms with Gasteiger partial charge in [-0.1, -0.05) is 17.7 Å². The second-order valence-corrected chi connectivity index (χ2v) is 6.66. The van der Waals surface area contributed by atoms with Crippen LogP contribution < -0.4 is 5.32 Å². The van der Waals surface area contributed by atoms with Gasteiger partial charge in [-0.15, -0.1) is 0 Å². The zero-order valence-corrected chi connectivity index (χ0v) is 13.9. The average Bonchev–Trinajstić information content (AvgIpc) is 2.93. The number of amides is 3. The van der Waals surface area contributed by atoms with Crippen LogP contribution in [0.4, 0.5) is 10.5 Å². The molecule has 2 heterocycles. The standard InChI is InChI=1S/C17H22ClN3O2/c18-13-5-3-6-14(11-13)19-17(23)21-10-2-1-7-15(21)12-20-9-4-8-16(20)22/h3,5-6,11,15H,1-2,4,7-10,12H2,(H,19,23). The number of nitrogens with zero attached hydrogens (tertiary/aromatic N) is 2. The third-order valence-electron chi connectivity index (χ3n) is 4.57. The van der Waals surface area contributed by atoms with Crippen molar-refractivity contribution in [2.75, 3.05) is 25.0 Å². The second kappa shape index (κ2) is 7.21. The summed E-state index contributed by atoms with van der Waals surface area (Å²) in [5.41, 5.74) is 0.698. The van der Waals surface area contributed by atoms with Gasteiger partial charge in [0, 0.05) is 36.8 Å². The highest BCUT2D eigenvalue weighted by Gasteiger charge is 2.31. The Labute approximate surface area is 141 Å². The van der Waals surface area contributed by atoms with E-state index in [1.165, 1.54) is 0 Å². The molecule has 1 unspecified atom stereocenters. The summed E-state index contributed by atoms with van der Waals surface area (Å²) in [6.45, 7) is 2.21. The van der Waals surface area contributed by atoms with Gasteiger partial charge in [0.25, 0.3) is 0 Å². The van der Waals surface area contributed by atoms with Crippen molar-refractivity contribution in [3.8, 4) is 0 Å². The first kappa shape index (κ1) is 16.1. The molecule has 0 aromatic heterocycles. The normalized spacial score (nSPS) is 21.6. The lowest BCUT2D eigenvalue weighted by Crippen LogP contribution is -2.51. The van der Waals surface area contributed by atoms with Gasteiger partial charge in [-0.05, 0) is 43.9 Å². The Kier molecular flexibility index (Phi) is 5.06. The molecule has 1 aromatic carbocycles. The Balaban J connectivity index is 1.65. The van der Waals surface area contributed by atoms with Crippen LogP contribution in [-0.4, -0.2) is 47.4 Å². The van der Waals surface area contributed by atoms with Crippen LogP contribution in [0.2, 0.25) is 5.02 Å². The highest BCUT2D eigenvalue weighted by Crippen LogP contribution is 2.22. The van der Waals surface area contributed by atoms with Crippen LogP contribution >= 0.6 is 11.6 Å². The molecule has 5 nitrogen and oxygen atoms in total. The first-order chi connectivity index (χ1) is 11.1. The molecule has 2 fully saturated rings. The van der Waals surface area contributed by atoms with E-state index in [1.54, 1.807) is 12.1 Å². The number of nitrogens with one attached hydrogen (secondary N) is 1. The number of hydrogen-bond acceptors (Lipinski definition) is 2. The number of rotatable bonds is 3. The number of carbonyl (C=O) groups excluding carboxylic acids is 2. The Hall–Kier alpha value is -1.75.